The molecule has 1 unspecified atom stereocenters. The number of benzene rings is 1. The summed E-state index contributed by atoms with van der Waals surface area (Å²) in [6, 6.07) is 6.90. The molecule has 0 aliphatic carbocycles. The van der Waals surface area contributed by atoms with Crippen LogP contribution in [0.1, 0.15) is 50.0 Å². The average Bonchev–Trinajstić information content (AvgIpc) is 2.52. The molecule has 0 amide bonds. The van der Waals surface area contributed by atoms with E-state index in [2.05, 4.69) is 11.8 Å². The number of carbonyl (C=O) groups is 3. The van der Waals surface area contributed by atoms with Gasteiger partial charge in [0.15, 0.2) is 5.78 Å². The number of ether oxygens (including phenoxy) is 2. The molecule has 0 aromatic heterocycles. The van der Waals surface area contributed by atoms with Crippen molar-refractivity contribution in [2.45, 2.75) is 45.8 Å². The van der Waals surface area contributed by atoms with Gasteiger partial charge < -0.3 is 14.3 Å². The molecule has 1 rings (SSSR count). The highest BCUT2D eigenvalue weighted by molar-refractivity contribution is 5.94. The van der Waals surface area contributed by atoms with Crippen LogP contribution in [-0.4, -0.2) is 36.4 Å². The van der Waals surface area contributed by atoms with Gasteiger partial charge in [-0.05, 0) is 39.8 Å². The average molecular weight is 330 g/mol. The van der Waals surface area contributed by atoms with Gasteiger partial charge in [0.1, 0.15) is 18.0 Å². The topological polar surface area (TPSA) is 69.7 Å². The molecule has 0 N–H and O–H groups in total. The van der Waals surface area contributed by atoms with E-state index in [9.17, 15) is 14.4 Å². The van der Waals surface area contributed by atoms with Crippen LogP contribution >= 0.6 is 0 Å². The molecule has 0 bridgehead atoms. The maximum atomic E-state index is 11.4. The van der Waals surface area contributed by atoms with Crippen LogP contribution in [-0.2, 0) is 19.1 Å². The highest BCUT2D eigenvalue weighted by Crippen LogP contribution is 2.14. The van der Waals surface area contributed by atoms with Crippen molar-refractivity contribution in [1.29, 1.82) is 0 Å². The Labute approximate surface area is 142 Å². The Morgan fingerprint density at radius 2 is 1.88 bits per heavy atom. The molecule has 0 spiro atoms. The third-order valence-corrected chi connectivity index (χ3v) is 3.07. The molecule has 1 aromatic rings. The van der Waals surface area contributed by atoms with Gasteiger partial charge in [-0.3, -0.25) is 9.59 Å². The van der Waals surface area contributed by atoms with Gasteiger partial charge in [0.05, 0.1) is 13.0 Å². The van der Waals surface area contributed by atoms with E-state index in [4.69, 9.17) is 9.47 Å². The van der Waals surface area contributed by atoms with Crippen LogP contribution in [0.15, 0.2) is 24.3 Å². The SMILES string of the molecule is CCOC(=O)CC(C=O)OC(C)(C)C#Cc1ccc(C(C)=O)cc1. The number of rotatable bonds is 7. The second kappa shape index (κ2) is 8.99. The van der Waals surface area contributed by atoms with Crippen molar-refractivity contribution >= 4 is 18.0 Å². The lowest BCUT2D eigenvalue weighted by Gasteiger charge is -2.22. The standard InChI is InChI=1S/C19H22O5/c1-5-23-18(22)12-17(13-20)24-19(3,4)11-10-15-6-8-16(9-7-15)14(2)21/h6-9,13,17H,5,12H2,1-4H3. The maximum absolute atomic E-state index is 11.4. The number of hydrogen-bond donors (Lipinski definition) is 0. The Balaban J connectivity index is 2.76. The molecular formula is C19H22O5. The van der Waals surface area contributed by atoms with Gasteiger partial charge in [0, 0.05) is 11.1 Å². The van der Waals surface area contributed by atoms with Gasteiger partial charge in [-0.1, -0.05) is 24.0 Å². The number of Topliss-reactive ketones (excluding diaryl/α,β-unsaturated/α-hetero) is 1. The number of aldehydes is 1. The van der Waals surface area contributed by atoms with Crippen molar-refractivity contribution in [2.75, 3.05) is 6.61 Å². The van der Waals surface area contributed by atoms with Crippen molar-refractivity contribution < 1.29 is 23.9 Å². The fourth-order valence-corrected chi connectivity index (χ4v) is 1.92. The Morgan fingerprint density at radius 3 is 2.38 bits per heavy atom. The van der Waals surface area contributed by atoms with Crippen LogP contribution in [0.3, 0.4) is 0 Å². The van der Waals surface area contributed by atoms with Gasteiger partial charge >= 0.3 is 5.97 Å². The predicted octanol–water partition coefficient (Wildman–Crippen LogP) is 2.56. The third kappa shape index (κ3) is 6.76. The minimum atomic E-state index is -0.919. The summed E-state index contributed by atoms with van der Waals surface area (Å²) in [7, 11) is 0. The monoisotopic (exact) mass is 330 g/mol. The minimum absolute atomic E-state index is 0.00837. The van der Waals surface area contributed by atoms with E-state index in [1.165, 1.54) is 6.92 Å². The molecule has 24 heavy (non-hydrogen) atoms. The zero-order chi connectivity index (χ0) is 18.2. The molecule has 5 nitrogen and oxygen atoms in total. The molecule has 5 heteroatoms. The summed E-state index contributed by atoms with van der Waals surface area (Å²) in [5, 5.41) is 0. The minimum Gasteiger partial charge on any atom is -0.466 e. The number of carbonyl (C=O) groups excluding carboxylic acids is 3. The van der Waals surface area contributed by atoms with E-state index < -0.39 is 17.7 Å². The zero-order valence-corrected chi connectivity index (χ0v) is 14.4. The quantitative estimate of drug-likeness (QED) is 0.333. The summed E-state index contributed by atoms with van der Waals surface area (Å²) < 4.78 is 10.4. The van der Waals surface area contributed by atoms with E-state index in [1.807, 2.05) is 0 Å². The first-order valence-electron chi connectivity index (χ1n) is 7.70. The van der Waals surface area contributed by atoms with Crippen LogP contribution in [0.5, 0.6) is 0 Å². The predicted molar refractivity (Wildman–Crippen MR) is 89.6 cm³/mol. The first-order valence-corrected chi connectivity index (χ1v) is 7.70. The number of ketones is 1. The van der Waals surface area contributed by atoms with E-state index in [1.54, 1.807) is 45.0 Å². The van der Waals surface area contributed by atoms with Gasteiger partial charge in [0.25, 0.3) is 0 Å². The molecule has 0 aliphatic rings. The first-order chi connectivity index (χ1) is 11.3. The summed E-state index contributed by atoms with van der Waals surface area (Å²) >= 11 is 0. The Kier molecular flexibility index (Phi) is 7.34. The van der Waals surface area contributed by atoms with Crippen LogP contribution in [0.25, 0.3) is 0 Å². The Morgan fingerprint density at radius 1 is 1.25 bits per heavy atom. The molecule has 1 aromatic carbocycles. The Hall–Kier alpha value is -2.45. The highest BCUT2D eigenvalue weighted by Gasteiger charge is 2.24. The van der Waals surface area contributed by atoms with E-state index in [-0.39, 0.29) is 18.8 Å². The smallest absolute Gasteiger partial charge is 0.308 e. The largest absolute Gasteiger partial charge is 0.466 e. The second-order valence-electron chi connectivity index (χ2n) is 5.70. The number of hydrogen-bond acceptors (Lipinski definition) is 5. The van der Waals surface area contributed by atoms with Gasteiger partial charge in [-0.25, -0.2) is 0 Å². The fourth-order valence-electron chi connectivity index (χ4n) is 1.92. The Bertz CT molecular complexity index is 647. The van der Waals surface area contributed by atoms with Crippen molar-refractivity contribution in [2.24, 2.45) is 0 Å². The summed E-state index contributed by atoms with van der Waals surface area (Å²) in [6.45, 7) is 6.88. The van der Waals surface area contributed by atoms with Crippen molar-refractivity contribution in [3.8, 4) is 11.8 Å². The molecule has 0 radical (unpaired) electrons. The highest BCUT2D eigenvalue weighted by atomic mass is 16.5. The van der Waals surface area contributed by atoms with Crippen LogP contribution in [0.2, 0.25) is 0 Å². The normalized spacial score (nSPS) is 11.8. The van der Waals surface area contributed by atoms with Crippen molar-refractivity contribution in [1.82, 2.24) is 0 Å². The maximum Gasteiger partial charge on any atom is 0.308 e. The lowest BCUT2D eigenvalue weighted by atomic mass is 10.1. The molecule has 0 fully saturated rings. The van der Waals surface area contributed by atoms with E-state index in [0.717, 1.165) is 5.56 Å². The lowest BCUT2D eigenvalue weighted by molar-refractivity contribution is -0.150. The second-order valence-corrected chi connectivity index (χ2v) is 5.70. The molecule has 128 valence electrons. The number of esters is 1. The van der Waals surface area contributed by atoms with Gasteiger partial charge in [-0.2, -0.15) is 0 Å². The molecular weight excluding hydrogens is 308 g/mol. The van der Waals surface area contributed by atoms with Crippen molar-refractivity contribution in [3.63, 3.8) is 0 Å². The molecule has 0 heterocycles. The van der Waals surface area contributed by atoms with Gasteiger partial charge in [0.2, 0.25) is 0 Å². The van der Waals surface area contributed by atoms with Crippen LogP contribution < -0.4 is 0 Å². The summed E-state index contributed by atoms with van der Waals surface area (Å²) in [6.07, 6.45) is -0.481. The van der Waals surface area contributed by atoms with E-state index in [0.29, 0.717) is 11.8 Å². The zero-order valence-electron chi connectivity index (χ0n) is 14.4. The summed E-state index contributed by atoms with van der Waals surface area (Å²) in [5.74, 6) is 5.37. The fraction of sp³-hybridized carbons (Fsp3) is 0.421. The third-order valence-electron chi connectivity index (χ3n) is 3.07. The molecule has 0 saturated carbocycles. The van der Waals surface area contributed by atoms with Crippen molar-refractivity contribution in [3.05, 3.63) is 35.4 Å². The summed E-state index contributed by atoms with van der Waals surface area (Å²) in [5.41, 5.74) is 0.424. The van der Waals surface area contributed by atoms with Gasteiger partial charge in [-0.15, -0.1) is 0 Å². The molecule has 0 aliphatic heterocycles. The molecule has 0 saturated heterocycles. The molecule has 1 atom stereocenters. The van der Waals surface area contributed by atoms with Crippen LogP contribution in [0.4, 0.5) is 0 Å². The summed E-state index contributed by atoms with van der Waals surface area (Å²) in [4.78, 5) is 33.8. The van der Waals surface area contributed by atoms with E-state index >= 15 is 0 Å². The lowest BCUT2D eigenvalue weighted by Crippen LogP contribution is -2.32. The van der Waals surface area contributed by atoms with Crippen LogP contribution in [0, 0.1) is 11.8 Å². The first kappa shape index (κ1) is 19.6.